The Morgan fingerprint density at radius 2 is 1.15 bits per heavy atom. The van der Waals surface area contributed by atoms with Crippen LogP contribution in [0.15, 0.2) is 0 Å². The van der Waals surface area contributed by atoms with Crippen LogP contribution in [0.5, 0.6) is 0 Å². The first-order valence-electron chi connectivity index (χ1n) is 9.18. The van der Waals surface area contributed by atoms with Crippen molar-refractivity contribution in [2.45, 2.75) is 80.1 Å². The molecule has 0 heteroatoms. The summed E-state index contributed by atoms with van der Waals surface area (Å²) in [6, 6.07) is 0. The number of hydrogen-bond donors (Lipinski definition) is 0. The fourth-order valence-corrected chi connectivity index (χ4v) is 5.53. The summed E-state index contributed by atoms with van der Waals surface area (Å²) in [5.41, 5.74) is 1.20. The Hall–Kier alpha value is 0. The van der Waals surface area contributed by atoms with Gasteiger partial charge in [-0.2, -0.15) is 0 Å². The van der Waals surface area contributed by atoms with Crippen molar-refractivity contribution in [2.75, 3.05) is 0 Å². The Balaban J connectivity index is 0.000000121. The Morgan fingerprint density at radius 3 is 1.45 bits per heavy atom. The van der Waals surface area contributed by atoms with Crippen molar-refractivity contribution < 1.29 is 0 Å². The molecule has 20 heavy (non-hydrogen) atoms. The molecule has 0 aromatic heterocycles. The van der Waals surface area contributed by atoms with Crippen LogP contribution in [0.2, 0.25) is 0 Å². The van der Waals surface area contributed by atoms with Crippen LogP contribution in [0.3, 0.4) is 0 Å². The maximum absolute atomic E-state index is 2.40. The quantitative estimate of drug-likeness (QED) is 0.497. The van der Waals surface area contributed by atoms with E-state index in [4.69, 9.17) is 0 Å². The van der Waals surface area contributed by atoms with Gasteiger partial charge in [-0.1, -0.05) is 48.0 Å². The van der Waals surface area contributed by atoms with Gasteiger partial charge in [0.2, 0.25) is 0 Å². The van der Waals surface area contributed by atoms with Crippen molar-refractivity contribution in [2.24, 2.45) is 46.3 Å². The third-order valence-electron chi connectivity index (χ3n) is 6.87. The van der Waals surface area contributed by atoms with Gasteiger partial charge in [0.1, 0.15) is 0 Å². The van der Waals surface area contributed by atoms with E-state index in [9.17, 15) is 0 Å². The molecule has 0 bridgehead atoms. The van der Waals surface area contributed by atoms with Crippen LogP contribution in [-0.4, -0.2) is 0 Å². The molecule has 4 atom stereocenters. The minimum absolute atomic E-state index is 0.591. The molecule has 4 fully saturated rings. The predicted molar refractivity (Wildman–Crippen MR) is 87.6 cm³/mol. The average Bonchev–Trinajstić information content (AvgIpc) is 3.10. The SMILES string of the molecule is CC(C)(C)C1C2CCCC21.CC(C)(C)C1CC2CC2C1. The first-order chi connectivity index (χ1) is 9.18. The monoisotopic (exact) mass is 276 g/mol. The summed E-state index contributed by atoms with van der Waals surface area (Å²) in [6.45, 7) is 14.4. The van der Waals surface area contributed by atoms with Crippen molar-refractivity contribution in [3.63, 3.8) is 0 Å². The topological polar surface area (TPSA) is 0 Å². The van der Waals surface area contributed by atoms with Gasteiger partial charge in [0.25, 0.3) is 0 Å². The van der Waals surface area contributed by atoms with E-state index in [-0.39, 0.29) is 0 Å². The molecule has 0 aromatic carbocycles. The van der Waals surface area contributed by atoms with Crippen LogP contribution in [0, 0.1) is 46.3 Å². The molecule has 0 amide bonds. The lowest BCUT2D eigenvalue weighted by Crippen LogP contribution is -2.18. The minimum Gasteiger partial charge on any atom is -0.0599 e. The molecule has 0 heterocycles. The highest BCUT2D eigenvalue weighted by Gasteiger charge is 2.57. The van der Waals surface area contributed by atoms with Crippen molar-refractivity contribution >= 4 is 0 Å². The van der Waals surface area contributed by atoms with Crippen molar-refractivity contribution in [1.82, 2.24) is 0 Å². The second-order valence-corrected chi connectivity index (χ2v) is 10.4. The molecule has 4 aliphatic rings. The highest BCUT2D eigenvalue weighted by atomic mass is 14.6. The lowest BCUT2D eigenvalue weighted by molar-refractivity contribution is 0.227. The number of fused-ring (bicyclic) bond motifs is 2. The van der Waals surface area contributed by atoms with Crippen LogP contribution in [0.4, 0.5) is 0 Å². The van der Waals surface area contributed by atoms with Crippen molar-refractivity contribution in [3.8, 4) is 0 Å². The molecule has 116 valence electrons. The van der Waals surface area contributed by atoms with Crippen LogP contribution < -0.4 is 0 Å². The first kappa shape index (κ1) is 14.9. The van der Waals surface area contributed by atoms with Gasteiger partial charge in [0.05, 0.1) is 0 Å². The van der Waals surface area contributed by atoms with E-state index >= 15 is 0 Å². The van der Waals surface area contributed by atoms with Crippen LogP contribution in [0.1, 0.15) is 80.1 Å². The predicted octanol–water partition coefficient (Wildman–Crippen LogP) is 6.16. The molecule has 0 nitrogen and oxygen atoms in total. The maximum Gasteiger partial charge on any atom is -0.0303 e. The molecule has 4 unspecified atom stereocenters. The molecule has 4 rings (SSSR count). The molecule has 0 radical (unpaired) electrons. The summed E-state index contributed by atoms with van der Waals surface area (Å²) >= 11 is 0. The lowest BCUT2D eigenvalue weighted by Gasteiger charge is -2.27. The molecule has 0 aliphatic heterocycles. The zero-order chi connectivity index (χ0) is 14.7. The van der Waals surface area contributed by atoms with Crippen LogP contribution >= 0.6 is 0 Å². The molecule has 0 N–H and O–H groups in total. The van der Waals surface area contributed by atoms with E-state index in [1.54, 1.807) is 6.42 Å². The van der Waals surface area contributed by atoms with Gasteiger partial charge in [0.15, 0.2) is 0 Å². The summed E-state index contributed by atoms with van der Waals surface area (Å²) in [5, 5.41) is 0. The summed E-state index contributed by atoms with van der Waals surface area (Å²) in [7, 11) is 0. The largest absolute Gasteiger partial charge is 0.0599 e. The van der Waals surface area contributed by atoms with E-state index < -0.39 is 0 Å². The third-order valence-corrected chi connectivity index (χ3v) is 6.87. The summed E-state index contributed by atoms with van der Waals surface area (Å²) < 4.78 is 0. The molecule has 0 spiro atoms. The Morgan fingerprint density at radius 1 is 0.650 bits per heavy atom. The van der Waals surface area contributed by atoms with Crippen LogP contribution in [-0.2, 0) is 0 Å². The van der Waals surface area contributed by atoms with Gasteiger partial charge in [-0.05, 0) is 78.4 Å². The Kier molecular flexibility index (Phi) is 3.54. The molecule has 0 saturated heterocycles. The van der Waals surface area contributed by atoms with Gasteiger partial charge >= 0.3 is 0 Å². The van der Waals surface area contributed by atoms with Gasteiger partial charge in [-0.3, -0.25) is 0 Å². The van der Waals surface area contributed by atoms with Crippen molar-refractivity contribution in [1.29, 1.82) is 0 Å². The van der Waals surface area contributed by atoms with E-state index in [2.05, 4.69) is 41.5 Å². The van der Waals surface area contributed by atoms with Crippen molar-refractivity contribution in [3.05, 3.63) is 0 Å². The molecule has 4 aliphatic carbocycles. The third kappa shape index (κ3) is 2.95. The van der Waals surface area contributed by atoms with E-state index in [0.29, 0.717) is 10.8 Å². The average molecular weight is 277 g/mol. The van der Waals surface area contributed by atoms with Gasteiger partial charge < -0.3 is 0 Å². The normalized spacial score (nSPS) is 45.3. The molecule has 4 saturated carbocycles. The zero-order valence-corrected chi connectivity index (χ0v) is 14.7. The standard InChI is InChI=1S/2C10H18/c1-10(2,3)9-5-7-4-8(7)6-9;1-10(2,3)9-7-5-4-6-8(7)9/h2*7-9H,4-6H2,1-3H3. The van der Waals surface area contributed by atoms with Gasteiger partial charge in [-0.25, -0.2) is 0 Å². The molecular weight excluding hydrogens is 240 g/mol. The number of rotatable bonds is 0. The smallest absolute Gasteiger partial charge is 0.0303 e. The first-order valence-corrected chi connectivity index (χ1v) is 9.18. The Bertz CT molecular complexity index is 321. The lowest BCUT2D eigenvalue weighted by atomic mass is 9.78. The Labute approximate surface area is 127 Å². The maximum atomic E-state index is 2.40. The van der Waals surface area contributed by atoms with E-state index in [1.807, 2.05) is 0 Å². The second-order valence-electron chi connectivity index (χ2n) is 10.4. The summed E-state index contributed by atoms with van der Waals surface area (Å²) in [6.07, 6.45) is 9.22. The fourth-order valence-electron chi connectivity index (χ4n) is 5.53. The summed E-state index contributed by atoms with van der Waals surface area (Å²) in [4.78, 5) is 0. The highest BCUT2D eigenvalue weighted by molar-refractivity contribution is 5.05. The van der Waals surface area contributed by atoms with Gasteiger partial charge in [-0.15, -0.1) is 0 Å². The van der Waals surface area contributed by atoms with Gasteiger partial charge in [0, 0.05) is 0 Å². The zero-order valence-electron chi connectivity index (χ0n) is 14.7. The fraction of sp³-hybridized carbons (Fsp3) is 1.00. The number of hydrogen-bond acceptors (Lipinski definition) is 0. The summed E-state index contributed by atoms with van der Waals surface area (Å²) in [5.74, 6) is 6.71. The molecule has 0 aromatic rings. The molecular formula is C20H36. The minimum atomic E-state index is 0.591. The second kappa shape index (κ2) is 4.75. The van der Waals surface area contributed by atoms with Crippen LogP contribution in [0.25, 0.3) is 0 Å². The van der Waals surface area contributed by atoms with E-state index in [0.717, 1.165) is 35.5 Å². The highest BCUT2D eigenvalue weighted by Crippen LogP contribution is 2.64. The van der Waals surface area contributed by atoms with E-state index in [1.165, 1.54) is 32.1 Å².